The molecule has 2 aromatic rings. The van der Waals surface area contributed by atoms with E-state index in [4.69, 9.17) is 9.47 Å². The van der Waals surface area contributed by atoms with E-state index in [1.54, 1.807) is 20.3 Å². The average molecular weight is 293 g/mol. The van der Waals surface area contributed by atoms with Crippen molar-refractivity contribution in [2.24, 2.45) is 0 Å². The molecule has 0 bridgehead atoms. The van der Waals surface area contributed by atoms with Crippen LogP contribution in [0.3, 0.4) is 0 Å². The zero-order valence-electron chi connectivity index (χ0n) is 13.1. The molecule has 0 aliphatic heterocycles. The average Bonchev–Trinajstić information content (AvgIpc) is 2.59. The van der Waals surface area contributed by atoms with E-state index in [-0.39, 0.29) is 0 Å². The number of hydrogen-bond acceptors (Lipinski definition) is 3. The van der Waals surface area contributed by atoms with Crippen LogP contribution in [0.25, 0.3) is 11.6 Å². The normalized spacial score (nSPS) is 10.9. The van der Waals surface area contributed by atoms with Crippen LogP contribution in [-0.4, -0.2) is 14.2 Å². The first kappa shape index (κ1) is 15.7. The quantitative estimate of drug-likeness (QED) is 0.608. The fourth-order valence-electron chi connectivity index (χ4n) is 2.20. The maximum atomic E-state index is 9.44. The molecule has 0 amide bonds. The van der Waals surface area contributed by atoms with Gasteiger partial charge >= 0.3 is 0 Å². The summed E-state index contributed by atoms with van der Waals surface area (Å²) in [4.78, 5) is 0. The maximum Gasteiger partial charge on any atom is 0.161 e. The molecule has 3 nitrogen and oxygen atoms in total. The van der Waals surface area contributed by atoms with Crippen molar-refractivity contribution in [2.75, 3.05) is 14.2 Å². The molecule has 0 N–H and O–H groups in total. The monoisotopic (exact) mass is 293 g/mol. The van der Waals surface area contributed by atoms with E-state index in [0.29, 0.717) is 17.1 Å². The second-order valence-electron chi connectivity index (χ2n) is 4.83. The smallest absolute Gasteiger partial charge is 0.161 e. The van der Waals surface area contributed by atoms with Crippen LogP contribution in [0.4, 0.5) is 0 Å². The van der Waals surface area contributed by atoms with Crippen LogP contribution in [0.5, 0.6) is 11.5 Å². The molecule has 0 unspecified atom stereocenters. The van der Waals surface area contributed by atoms with E-state index in [1.165, 1.54) is 5.56 Å². The molecule has 22 heavy (non-hydrogen) atoms. The molecule has 0 fully saturated rings. The molecule has 0 saturated carbocycles. The number of benzene rings is 2. The molecule has 0 aromatic heterocycles. The molecule has 3 heteroatoms. The Morgan fingerprint density at radius 2 is 1.73 bits per heavy atom. The van der Waals surface area contributed by atoms with E-state index in [2.05, 4.69) is 25.1 Å². The third kappa shape index (κ3) is 3.48. The third-order valence-corrected chi connectivity index (χ3v) is 3.51. The number of rotatable bonds is 5. The van der Waals surface area contributed by atoms with Gasteiger partial charge in [-0.25, -0.2) is 0 Å². The molecule has 0 saturated heterocycles. The van der Waals surface area contributed by atoms with Gasteiger partial charge in [0, 0.05) is 0 Å². The number of nitrogens with zero attached hydrogens (tertiary/aromatic N) is 1. The molecule has 0 aliphatic carbocycles. The molecule has 0 spiro atoms. The Hall–Kier alpha value is -2.73. The van der Waals surface area contributed by atoms with Crippen LogP contribution < -0.4 is 9.47 Å². The van der Waals surface area contributed by atoms with E-state index in [1.807, 2.05) is 30.3 Å². The predicted molar refractivity (Wildman–Crippen MR) is 88.9 cm³/mol. The standard InChI is InChI=1S/C19H19NO2/c1-4-14-5-7-15(8-6-14)11-17(13-20)16-9-10-18(21-2)19(12-16)22-3/h5-12H,4H2,1-3H3/b17-11+. The third-order valence-electron chi connectivity index (χ3n) is 3.51. The van der Waals surface area contributed by atoms with Gasteiger partial charge in [-0.05, 0) is 47.4 Å². The van der Waals surface area contributed by atoms with Crippen LogP contribution in [0.1, 0.15) is 23.6 Å². The second kappa shape index (κ2) is 7.33. The van der Waals surface area contributed by atoms with Gasteiger partial charge in [-0.15, -0.1) is 0 Å². The maximum absolute atomic E-state index is 9.44. The molecule has 0 aliphatic rings. The lowest BCUT2D eigenvalue weighted by Gasteiger charge is -2.09. The van der Waals surface area contributed by atoms with Crippen molar-refractivity contribution in [2.45, 2.75) is 13.3 Å². The first-order valence-electron chi connectivity index (χ1n) is 7.15. The Kier molecular flexibility index (Phi) is 5.21. The van der Waals surface area contributed by atoms with Gasteiger partial charge in [0.1, 0.15) is 0 Å². The summed E-state index contributed by atoms with van der Waals surface area (Å²) in [6.07, 6.45) is 2.88. The Balaban J connectivity index is 2.38. The Morgan fingerprint density at radius 1 is 1.05 bits per heavy atom. The summed E-state index contributed by atoms with van der Waals surface area (Å²) < 4.78 is 10.5. The van der Waals surface area contributed by atoms with Crippen LogP contribution in [0, 0.1) is 11.3 Å². The van der Waals surface area contributed by atoms with Gasteiger partial charge in [0.2, 0.25) is 0 Å². The highest BCUT2D eigenvalue weighted by Gasteiger charge is 2.08. The SMILES string of the molecule is CCc1ccc(/C=C(\C#N)c2ccc(OC)c(OC)c2)cc1. The summed E-state index contributed by atoms with van der Waals surface area (Å²) in [5, 5.41) is 9.44. The van der Waals surface area contributed by atoms with E-state index in [0.717, 1.165) is 17.5 Å². The van der Waals surface area contributed by atoms with Gasteiger partial charge in [-0.2, -0.15) is 5.26 Å². The zero-order valence-corrected chi connectivity index (χ0v) is 13.1. The summed E-state index contributed by atoms with van der Waals surface area (Å²) in [7, 11) is 3.18. The molecular weight excluding hydrogens is 274 g/mol. The fourth-order valence-corrected chi connectivity index (χ4v) is 2.20. The highest BCUT2D eigenvalue weighted by atomic mass is 16.5. The van der Waals surface area contributed by atoms with Crippen molar-refractivity contribution in [3.8, 4) is 17.6 Å². The van der Waals surface area contributed by atoms with Crippen molar-refractivity contribution < 1.29 is 9.47 Å². The number of aryl methyl sites for hydroxylation is 1. The van der Waals surface area contributed by atoms with Crippen molar-refractivity contribution in [1.29, 1.82) is 5.26 Å². The summed E-state index contributed by atoms with van der Waals surface area (Å²) in [6, 6.07) is 15.9. The highest BCUT2D eigenvalue weighted by molar-refractivity contribution is 5.90. The Labute approximate surface area is 131 Å². The van der Waals surface area contributed by atoms with Crippen LogP contribution in [-0.2, 0) is 6.42 Å². The van der Waals surface area contributed by atoms with Gasteiger partial charge in [0.05, 0.1) is 25.9 Å². The van der Waals surface area contributed by atoms with E-state index >= 15 is 0 Å². The molecule has 0 atom stereocenters. The van der Waals surface area contributed by atoms with Crippen molar-refractivity contribution in [3.63, 3.8) is 0 Å². The summed E-state index contributed by atoms with van der Waals surface area (Å²) in [5.41, 5.74) is 3.68. The number of allylic oxidation sites excluding steroid dienone is 1. The minimum absolute atomic E-state index is 0.588. The molecular formula is C19H19NO2. The van der Waals surface area contributed by atoms with Gasteiger partial charge in [0.25, 0.3) is 0 Å². The van der Waals surface area contributed by atoms with Crippen molar-refractivity contribution >= 4 is 11.6 Å². The van der Waals surface area contributed by atoms with Crippen LogP contribution in [0.15, 0.2) is 42.5 Å². The lowest BCUT2D eigenvalue weighted by Crippen LogP contribution is -1.92. The van der Waals surface area contributed by atoms with E-state index < -0.39 is 0 Å². The second-order valence-corrected chi connectivity index (χ2v) is 4.83. The zero-order chi connectivity index (χ0) is 15.9. The summed E-state index contributed by atoms with van der Waals surface area (Å²) in [6.45, 7) is 2.12. The number of hydrogen-bond donors (Lipinski definition) is 0. The lowest BCUT2D eigenvalue weighted by molar-refractivity contribution is 0.355. The summed E-state index contributed by atoms with van der Waals surface area (Å²) >= 11 is 0. The Bertz CT molecular complexity index is 709. The van der Waals surface area contributed by atoms with Gasteiger partial charge < -0.3 is 9.47 Å². The van der Waals surface area contributed by atoms with Crippen LogP contribution in [0.2, 0.25) is 0 Å². The molecule has 2 rings (SSSR count). The van der Waals surface area contributed by atoms with Crippen molar-refractivity contribution in [1.82, 2.24) is 0 Å². The molecule has 2 aromatic carbocycles. The van der Waals surface area contributed by atoms with Crippen LogP contribution >= 0.6 is 0 Å². The van der Waals surface area contributed by atoms with Gasteiger partial charge in [0.15, 0.2) is 11.5 Å². The topological polar surface area (TPSA) is 42.2 Å². The first-order chi connectivity index (χ1) is 10.7. The number of methoxy groups -OCH3 is 2. The van der Waals surface area contributed by atoms with E-state index in [9.17, 15) is 5.26 Å². The van der Waals surface area contributed by atoms with Gasteiger partial charge in [-0.1, -0.05) is 31.2 Å². The number of nitriles is 1. The largest absolute Gasteiger partial charge is 0.493 e. The lowest BCUT2D eigenvalue weighted by atomic mass is 10.0. The predicted octanol–water partition coefficient (Wildman–Crippen LogP) is 4.33. The molecule has 0 heterocycles. The Morgan fingerprint density at radius 3 is 2.27 bits per heavy atom. The minimum atomic E-state index is 0.588. The molecule has 0 radical (unpaired) electrons. The minimum Gasteiger partial charge on any atom is -0.493 e. The van der Waals surface area contributed by atoms with Gasteiger partial charge in [-0.3, -0.25) is 0 Å². The number of ether oxygens (including phenoxy) is 2. The summed E-state index contributed by atoms with van der Waals surface area (Å²) in [5.74, 6) is 1.26. The fraction of sp³-hybridized carbons (Fsp3) is 0.211. The highest BCUT2D eigenvalue weighted by Crippen LogP contribution is 2.30. The van der Waals surface area contributed by atoms with Crippen molar-refractivity contribution in [3.05, 3.63) is 59.2 Å². The molecule has 112 valence electrons. The first-order valence-corrected chi connectivity index (χ1v) is 7.15.